The molecular formula is C61H92N2O29S. The number of allylic oxidation sites excluding steroid dienone is 10. The number of hydrogen-bond acceptors (Lipinski definition) is 25. The van der Waals surface area contributed by atoms with Crippen LogP contribution in [0.15, 0.2) is 71.6 Å². The van der Waals surface area contributed by atoms with Crippen molar-refractivity contribution in [1.29, 1.82) is 0 Å². The van der Waals surface area contributed by atoms with Gasteiger partial charge in [-0.3, -0.25) is 14.1 Å². The molecule has 0 aromatic rings. The predicted molar refractivity (Wildman–Crippen MR) is 319 cm³/mol. The van der Waals surface area contributed by atoms with Crippen LogP contribution in [0.5, 0.6) is 0 Å². The molecule has 93 heavy (non-hydrogen) atoms. The molecule has 4 aliphatic heterocycles. The van der Waals surface area contributed by atoms with Crippen LogP contribution in [0, 0.1) is 28.1 Å². The smallest absolute Gasteiger partial charge is 0.397 e. The Bertz CT molecular complexity index is 2930. The maximum absolute atomic E-state index is 12.9. The van der Waals surface area contributed by atoms with Gasteiger partial charge in [0, 0.05) is 13.8 Å². The number of carboxylic acids is 3. The lowest BCUT2D eigenvalue weighted by atomic mass is 9.62. The van der Waals surface area contributed by atoms with Crippen molar-refractivity contribution in [2.75, 3.05) is 19.8 Å². The Hall–Kier alpha value is -5.18. The minimum atomic E-state index is -5.71. The van der Waals surface area contributed by atoms with E-state index < -0.39 is 189 Å². The number of aliphatic hydroxyl groups is 8. The third-order valence-electron chi connectivity index (χ3n) is 19.0. The lowest BCUT2D eigenvalue weighted by Crippen LogP contribution is -2.71. The second-order valence-corrected chi connectivity index (χ2v) is 26.9. The van der Waals surface area contributed by atoms with E-state index in [1.165, 1.54) is 11.6 Å². The van der Waals surface area contributed by atoms with E-state index in [1.807, 2.05) is 6.08 Å². The molecule has 6 aliphatic rings. The van der Waals surface area contributed by atoms with Gasteiger partial charge in [-0.15, -0.1) is 0 Å². The Balaban J connectivity index is 1.20. The summed E-state index contributed by atoms with van der Waals surface area (Å²) in [6.07, 6.45) is -23.2. The monoisotopic (exact) mass is 1350 g/mol. The van der Waals surface area contributed by atoms with Crippen molar-refractivity contribution in [1.82, 2.24) is 10.6 Å². The fraction of sp³-hybridized carbons (Fsp3) is 0.721. The van der Waals surface area contributed by atoms with Crippen LogP contribution in [-0.4, -0.2) is 247 Å². The van der Waals surface area contributed by atoms with Crippen molar-refractivity contribution in [3.05, 3.63) is 71.6 Å². The highest BCUT2D eigenvalue weighted by Gasteiger charge is 2.59. The van der Waals surface area contributed by atoms with Crippen molar-refractivity contribution in [3.63, 3.8) is 0 Å². The molecule has 2 aliphatic carbocycles. The summed E-state index contributed by atoms with van der Waals surface area (Å²) < 4.78 is 90.9. The third-order valence-corrected chi connectivity index (χ3v) is 19.5. The van der Waals surface area contributed by atoms with E-state index in [-0.39, 0.29) is 22.2 Å². The number of amides is 2. The van der Waals surface area contributed by atoms with Crippen LogP contribution >= 0.6 is 0 Å². The zero-order valence-electron chi connectivity index (χ0n) is 53.4. The lowest BCUT2D eigenvalue weighted by molar-refractivity contribution is -0.371. The molecule has 0 spiro atoms. The Morgan fingerprint density at radius 1 is 0.710 bits per heavy atom. The van der Waals surface area contributed by atoms with Gasteiger partial charge in [-0.25, -0.2) is 18.6 Å². The topological polar surface area (TPSA) is 479 Å². The molecule has 1 saturated carbocycles. The standard InChI is InChI=1S/C61H92N2O29S/c1-27(2)12-15-34-18-21-60(10,59(34,8)9)20-17-33-14-13-29(4)61(11,30(33)5)22-16-28(3)19-23-83-37(52(74)75)26-84-58-51(48(92-93(80,81)82)45(73)50(90-58)54(78)79)91-56-39(63-32(7)67)40(68)46(35(24-64)86-56)87-55-38(62-31(6)66)41(69)47(36(25-65)85-55)88-57-44(72)42(70)43(71)49(89-57)53(76)77/h12,14,16-17,19-20,23,29,34-51,55-58,64-65,68-73H,5,13,15,18,21-22,24-26H2,1-4,6-11H3,(H,62,66)(H,63,67)(H,74,75)(H,76,77)(H,78,79)(H,80,81,82)/b20-17+,23-19+,28-16+. The minimum absolute atomic E-state index is 0.0401. The molecule has 0 radical (unpaired) electrons. The second kappa shape index (κ2) is 31.8. The molecule has 0 aromatic heterocycles. The van der Waals surface area contributed by atoms with Gasteiger partial charge in [-0.05, 0) is 98.2 Å². The molecular weight excluding hydrogens is 1260 g/mol. The highest BCUT2D eigenvalue weighted by molar-refractivity contribution is 7.80. The predicted octanol–water partition coefficient (Wildman–Crippen LogP) is -0.222. The van der Waals surface area contributed by atoms with E-state index in [2.05, 4.69) is 90.0 Å². The molecule has 6 rings (SSSR count). The first-order valence-corrected chi connectivity index (χ1v) is 31.8. The normalized spacial score (nSPS) is 39.5. The van der Waals surface area contributed by atoms with E-state index in [0.717, 1.165) is 56.9 Å². The number of ether oxygens (including phenoxy) is 9. The van der Waals surface area contributed by atoms with E-state index in [0.29, 0.717) is 17.9 Å². The van der Waals surface area contributed by atoms with Crippen LogP contribution in [0.2, 0.25) is 0 Å². The van der Waals surface area contributed by atoms with Crippen molar-refractivity contribution < 1.29 is 140 Å². The van der Waals surface area contributed by atoms with Gasteiger partial charge in [0.05, 0.1) is 26.1 Å². The van der Waals surface area contributed by atoms with Crippen molar-refractivity contribution in [2.45, 2.75) is 230 Å². The number of carbonyl (C=O) groups is 5. The van der Waals surface area contributed by atoms with Gasteiger partial charge in [-0.1, -0.05) is 82.7 Å². The average molecular weight is 1350 g/mol. The SMILES string of the molecule is C=C1C(/C=C/C2(C)CCC(CC=C(C)C)C2(C)C)=CCC(C)C1(C)C/C=C(C)/C=C/OC(COC1OC(C(=O)O)C(O)C(OS(=O)(=O)O)C1OC1OC(CO)C(OC2OC(CO)C(OC3OC(C(=O)O)C(O)C(O)C3O)C(O)C2NC(C)=O)C(O)C1NC(C)=O)C(=O)O. The molecule has 2 amide bonds. The third kappa shape index (κ3) is 18.1. The summed E-state index contributed by atoms with van der Waals surface area (Å²) in [6.45, 7) is 20.4. The first-order chi connectivity index (χ1) is 43.3. The number of aliphatic hydroxyl groups excluding tert-OH is 8. The van der Waals surface area contributed by atoms with Gasteiger partial charge < -0.3 is 109 Å². The summed E-state index contributed by atoms with van der Waals surface area (Å²) in [7, 11) is -5.71. The molecule has 4 saturated heterocycles. The highest BCUT2D eigenvalue weighted by atomic mass is 32.3. The molecule has 14 N–H and O–H groups in total. The average Bonchev–Trinajstić information content (AvgIpc) is 1.76. The Morgan fingerprint density at radius 3 is 1.74 bits per heavy atom. The molecule has 0 bridgehead atoms. The molecule has 25 unspecified atom stereocenters. The van der Waals surface area contributed by atoms with E-state index in [1.54, 1.807) is 6.92 Å². The number of carbonyl (C=O) groups excluding carboxylic acids is 2. The maximum Gasteiger partial charge on any atom is 0.397 e. The summed E-state index contributed by atoms with van der Waals surface area (Å²) in [5, 5.41) is 122. The molecule has 0 aromatic carbocycles. The largest absolute Gasteiger partial charge is 0.484 e. The summed E-state index contributed by atoms with van der Waals surface area (Å²) >= 11 is 0. The highest BCUT2D eigenvalue weighted by Crippen LogP contribution is 2.58. The van der Waals surface area contributed by atoms with E-state index in [4.69, 9.17) is 46.8 Å². The fourth-order valence-corrected chi connectivity index (χ4v) is 13.0. The summed E-state index contributed by atoms with van der Waals surface area (Å²) in [4.78, 5) is 62.5. The van der Waals surface area contributed by atoms with Crippen molar-refractivity contribution in [2.24, 2.45) is 28.1 Å². The second-order valence-electron chi connectivity index (χ2n) is 25.8. The molecule has 31 nitrogen and oxygen atoms in total. The van der Waals surface area contributed by atoms with Crippen LogP contribution < -0.4 is 10.6 Å². The Kier molecular flexibility index (Phi) is 26.3. The van der Waals surface area contributed by atoms with E-state index >= 15 is 0 Å². The first kappa shape index (κ1) is 76.8. The fourth-order valence-electron chi connectivity index (χ4n) is 12.5. The maximum atomic E-state index is 12.9. The zero-order valence-corrected chi connectivity index (χ0v) is 54.2. The lowest BCUT2D eigenvalue weighted by Gasteiger charge is -2.50. The number of carboxylic acid groups (broad SMARTS) is 3. The summed E-state index contributed by atoms with van der Waals surface area (Å²) in [5.41, 5.74) is 3.62. The summed E-state index contributed by atoms with van der Waals surface area (Å²) in [6, 6.07) is -3.82. The molecule has 5 fully saturated rings. The van der Waals surface area contributed by atoms with E-state index in [9.17, 15) is 93.1 Å². The number of aliphatic carboxylic acids is 3. The molecule has 4 heterocycles. The van der Waals surface area contributed by atoms with Gasteiger partial charge in [-0.2, -0.15) is 8.42 Å². The number of nitrogens with one attached hydrogen (secondary N) is 2. The van der Waals surface area contributed by atoms with Crippen LogP contribution in [-0.2, 0) is 81.2 Å². The van der Waals surface area contributed by atoms with Crippen LogP contribution in [0.3, 0.4) is 0 Å². The van der Waals surface area contributed by atoms with Gasteiger partial charge in [0.25, 0.3) is 0 Å². The zero-order chi connectivity index (χ0) is 69.6. The van der Waals surface area contributed by atoms with Crippen molar-refractivity contribution in [3.8, 4) is 0 Å². The Morgan fingerprint density at radius 2 is 1.24 bits per heavy atom. The Labute approximate surface area is 538 Å². The minimum Gasteiger partial charge on any atom is -0.484 e. The van der Waals surface area contributed by atoms with Crippen LogP contribution in [0.4, 0.5) is 0 Å². The van der Waals surface area contributed by atoms with Crippen LogP contribution in [0.1, 0.15) is 101 Å². The number of hydrogen-bond donors (Lipinski definition) is 14. The summed E-state index contributed by atoms with van der Waals surface area (Å²) in [5.74, 6) is -6.54. The van der Waals surface area contributed by atoms with Gasteiger partial charge >= 0.3 is 28.3 Å². The molecule has 32 heteroatoms. The van der Waals surface area contributed by atoms with Gasteiger partial charge in [0.1, 0.15) is 85.3 Å². The van der Waals surface area contributed by atoms with Gasteiger partial charge in [0.2, 0.25) is 17.9 Å². The van der Waals surface area contributed by atoms with Crippen LogP contribution in [0.25, 0.3) is 0 Å². The first-order valence-electron chi connectivity index (χ1n) is 30.4. The van der Waals surface area contributed by atoms with Gasteiger partial charge in [0.15, 0.2) is 37.4 Å². The van der Waals surface area contributed by atoms with Crippen molar-refractivity contribution >= 4 is 40.1 Å². The molecule has 526 valence electrons. The molecule has 25 atom stereocenters. The number of rotatable bonds is 27. The quantitative estimate of drug-likeness (QED) is 0.0219.